The van der Waals surface area contributed by atoms with Crippen LogP contribution < -0.4 is 21.7 Å². The Morgan fingerprint density at radius 1 is 0.793 bits per heavy atom. The summed E-state index contributed by atoms with van der Waals surface area (Å²) >= 11 is 0. The van der Waals surface area contributed by atoms with Crippen LogP contribution in [0.3, 0.4) is 0 Å². The van der Waals surface area contributed by atoms with Crippen LogP contribution in [-0.2, 0) is 19.2 Å². The molecule has 10 heteroatoms. The molecule has 0 saturated carbocycles. The summed E-state index contributed by atoms with van der Waals surface area (Å²) in [6.07, 6.45) is -0.633. The van der Waals surface area contributed by atoms with Crippen molar-refractivity contribution in [2.75, 3.05) is 0 Å². The Hall–Kier alpha value is -2.20. The first-order valence-corrected chi connectivity index (χ1v) is 9.83. The molecule has 0 radical (unpaired) electrons. The standard InChI is InChI=1S/C19H36N4O6/c1-9(2)7-13(20)17(26)21-11(5)16(25)23-15(12(6)24)18(27)22-14(19(28)29)8-10(3)4/h9-15,24H,7-8,20H2,1-6H3,(H,21,26)(H,22,27)(H,23,25)(H,28,29)/t11-,12+,13-,14-,15-/m0/s1. The van der Waals surface area contributed by atoms with E-state index in [1.807, 2.05) is 27.7 Å². The summed E-state index contributed by atoms with van der Waals surface area (Å²) in [7, 11) is 0. The molecule has 0 aromatic carbocycles. The molecule has 168 valence electrons. The Morgan fingerprint density at radius 2 is 1.31 bits per heavy atom. The van der Waals surface area contributed by atoms with E-state index < -0.39 is 54.0 Å². The number of aliphatic hydroxyl groups is 1. The second-order valence-corrected chi connectivity index (χ2v) is 8.22. The first kappa shape index (κ1) is 26.8. The minimum atomic E-state index is -1.37. The zero-order chi connectivity index (χ0) is 22.9. The summed E-state index contributed by atoms with van der Waals surface area (Å²) < 4.78 is 0. The summed E-state index contributed by atoms with van der Waals surface area (Å²) in [6.45, 7) is 10.2. The maximum absolute atomic E-state index is 12.4. The van der Waals surface area contributed by atoms with Crippen LogP contribution in [0.4, 0.5) is 0 Å². The van der Waals surface area contributed by atoms with Gasteiger partial charge < -0.3 is 31.9 Å². The van der Waals surface area contributed by atoms with E-state index in [4.69, 9.17) is 5.73 Å². The minimum absolute atomic E-state index is 0.0151. The zero-order valence-corrected chi connectivity index (χ0v) is 18.1. The van der Waals surface area contributed by atoms with Gasteiger partial charge in [-0.1, -0.05) is 27.7 Å². The topological polar surface area (TPSA) is 171 Å². The Labute approximate surface area is 172 Å². The largest absolute Gasteiger partial charge is 0.480 e. The molecule has 0 rings (SSSR count). The molecule has 0 bridgehead atoms. The third-order valence-electron chi connectivity index (χ3n) is 4.20. The molecule has 0 heterocycles. The normalized spacial score (nSPS) is 16.5. The molecule has 0 aromatic rings. The number of nitrogens with one attached hydrogen (secondary N) is 3. The highest BCUT2D eigenvalue weighted by atomic mass is 16.4. The number of carbonyl (C=O) groups is 4. The third kappa shape index (κ3) is 10.2. The highest BCUT2D eigenvalue weighted by Crippen LogP contribution is 2.06. The molecule has 29 heavy (non-hydrogen) atoms. The number of rotatable bonds is 12. The van der Waals surface area contributed by atoms with Crippen molar-refractivity contribution >= 4 is 23.7 Å². The predicted molar refractivity (Wildman–Crippen MR) is 108 cm³/mol. The number of carbonyl (C=O) groups excluding carboxylic acids is 3. The molecule has 7 N–H and O–H groups in total. The molecule has 0 aliphatic carbocycles. The van der Waals surface area contributed by atoms with E-state index in [1.165, 1.54) is 13.8 Å². The number of carboxylic acid groups (broad SMARTS) is 1. The van der Waals surface area contributed by atoms with Crippen molar-refractivity contribution in [1.29, 1.82) is 0 Å². The lowest BCUT2D eigenvalue weighted by Crippen LogP contribution is -2.59. The van der Waals surface area contributed by atoms with E-state index in [-0.39, 0.29) is 18.3 Å². The highest BCUT2D eigenvalue weighted by molar-refractivity contribution is 5.94. The molecule has 0 saturated heterocycles. The first-order valence-electron chi connectivity index (χ1n) is 9.83. The molecule has 0 fully saturated rings. The minimum Gasteiger partial charge on any atom is -0.480 e. The quantitative estimate of drug-likeness (QED) is 0.245. The average Bonchev–Trinajstić information content (AvgIpc) is 2.56. The molecule has 0 spiro atoms. The van der Waals surface area contributed by atoms with Crippen molar-refractivity contribution in [3.8, 4) is 0 Å². The Bertz CT molecular complexity index is 579. The molecular formula is C19H36N4O6. The van der Waals surface area contributed by atoms with Crippen LogP contribution in [0.15, 0.2) is 0 Å². The zero-order valence-electron chi connectivity index (χ0n) is 18.1. The van der Waals surface area contributed by atoms with Gasteiger partial charge in [0.25, 0.3) is 0 Å². The summed E-state index contributed by atoms with van der Waals surface area (Å²) in [4.78, 5) is 48.2. The molecule has 0 aromatic heterocycles. The van der Waals surface area contributed by atoms with Gasteiger partial charge in [-0.3, -0.25) is 14.4 Å². The third-order valence-corrected chi connectivity index (χ3v) is 4.20. The van der Waals surface area contributed by atoms with Crippen LogP contribution in [0.2, 0.25) is 0 Å². The fourth-order valence-corrected chi connectivity index (χ4v) is 2.64. The van der Waals surface area contributed by atoms with Gasteiger partial charge in [0, 0.05) is 0 Å². The van der Waals surface area contributed by atoms with E-state index in [9.17, 15) is 29.4 Å². The van der Waals surface area contributed by atoms with E-state index >= 15 is 0 Å². The van der Waals surface area contributed by atoms with Crippen molar-refractivity contribution in [3.63, 3.8) is 0 Å². The Morgan fingerprint density at radius 3 is 1.72 bits per heavy atom. The SMILES string of the molecule is CC(C)C[C@H](NC(=O)[C@@H](NC(=O)[C@H](C)NC(=O)[C@@H](N)CC(C)C)[C@@H](C)O)C(=O)O. The van der Waals surface area contributed by atoms with E-state index in [1.54, 1.807) is 0 Å². The molecule has 0 aliphatic rings. The maximum atomic E-state index is 12.4. The summed E-state index contributed by atoms with van der Waals surface area (Å²) in [5.74, 6) is -3.01. The van der Waals surface area contributed by atoms with Crippen molar-refractivity contribution in [3.05, 3.63) is 0 Å². The van der Waals surface area contributed by atoms with Gasteiger partial charge in [-0.15, -0.1) is 0 Å². The lowest BCUT2D eigenvalue weighted by atomic mass is 10.0. The Balaban J connectivity index is 5.00. The Kier molecular flexibility index (Phi) is 11.4. The van der Waals surface area contributed by atoms with Gasteiger partial charge in [0.2, 0.25) is 17.7 Å². The van der Waals surface area contributed by atoms with Crippen molar-refractivity contribution < 1.29 is 29.4 Å². The smallest absolute Gasteiger partial charge is 0.326 e. The maximum Gasteiger partial charge on any atom is 0.326 e. The van der Waals surface area contributed by atoms with Gasteiger partial charge >= 0.3 is 5.97 Å². The lowest BCUT2D eigenvalue weighted by molar-refractivity contribution is -0.143. The molecular weight excluding hydrogens is 380 g/mol. The van der Waals surface area contributed by atoms with Gasteiger partial charge in [-0.2, -0.15) is 0 Å². The fraction of sp³-hybridized carbons (Fsp3) is 0.789. The highest BCUT2D eigenvalue weighted by Gasteiger charge is 2.31. The van der Waals surface area contributed by atoms with Crippen LogP contribution in [0.25, 0.3) is 0 Å². The summed E-state index contributed by atoms with van der Waals surface area (Å²) in [5.41, 5.74) is 5.78. The number of amides is 3. The van der Waals surface area contributed by atoms with Gasteiger partial charge in [0.1, 0.15) is 18.1 Å². The fourth-order valence-electron chi connectivity index (χ4n) is 2.64. The van der Waals surface area contributed by atoms with Crippen LogP contribution in [0.1, 0.15) is 54.4 Å². The van der Waals surface area contributed by atoms with E-state index in [0.717, 1.165) is 0 Å². The van der Waals surface area contributed by atoms with Crippen molar-refractivity contribution in [2.45, 2.75) is 84.7 Å². The second kappa shape index (κ2) is 12.4. The lowest BCUT2D eigenvalue weighted by Gasteiger charge is -2.25. The summed E-state index contributed by atoms with van der Waals surface area (Å²) in [6, 6.07) is -4.29. The first-order chi connectivity index (χ1) is 13.3. The van der Waals surface area contributed by atoms with Gasteiger partial charge in [-0.05, 0) is 38.5 Å². The van der Waals surface area contributed by atoms with Gasteiger partial charge in [0.15, 0.2) is 0 Å². The number of carboxylic acids is 1. The monoisotopic (exact) mass is 416 g/mol. The van der Waals surface area contributed by atoms with Crippen molar-refractivity contribution in [2.24, 2.45) is 17.6 Å². The van der Waals surface area contributed by atoms with Crippen LogP contribution in [0, 0.1) is 11.8 Å². The number of hydrogen-bond donors (Lipinski definition) is 6. The van der Waals surface area contributed by atoms with Gasteiger partial charge in [0.05, 0.1) is 12.1 Å². The number of aliphatic carboxylic acids is 1. The molecule has 3 amide bonds. The molecule has 0 aliphatic heterocycles. The average molecular weight is 417 g/mol. The van der Waals surface area contributed by atoms with Crippen molar-refractivity contribution in [1.82, 2.24) is 16.0 Å². The number of aliphatic hydroxyl groups excluding tert-OH is 1. The number of hydrogen-bond acceptors (Lipinski definition) is 6. The second-order valence-electron chi connectivity index (χ2n) is 8.22. The van der Waals surface area contributed by atoms with Crippen LogP contribution in [0.5, 0.6) is 0 Å². The number of nitrogens with two attached hydrogens (primary N) is 1. The van der Waals surface area contributed by atoms with Gasteiger partial charge in [-0.25, -0.2) is 4.79 Å². The van der Waals surface area contributed by atoms with Crippen LogP contribution in [-0.4, -0.2) is 64.2 Å². The van der Waals surface area contributed by atoms with Crippen LogP contribution >= 0.6 is 0 Å². The van der Waals surface area contributed by atoms with E-state index in [2.05, 4.69) is 16.0 Å². The summed E-state index contributed by atoms with van der Waals surface area (Å²) in [5, 5.41) is 26.3. The molecule has 5 atom stereocenters. The molecule has 0 unspecified atom stereocenters. The molecule has 10 nitrogen and oxygen atoms in total. The predicted octanol–water partition coefficient (Wildman–Crippen LogP) is -0.654. The van der Waals surface area contributed by atoms with E-state index in [0.29, 0.717) is 6.42 Å².